The smallest absolute Gasteiger partial charge is 0.269 e. The van der Waals surface area contributed by atoms with E-state index < -0.39 is 11.5 Å². The van der Waals surface area contributed by atoms with Crippen LogP contribution < -0.4 is 9.64 Å². The summed E-state index contributed by atoms with van der Waals surface area (Å²) in [7, 11) is 1.73. The zero-order chi connectivity index (χ0) is 12.0. The zero-order valence-electron chi connectivity index (χ0n) is 9.51. The van der Waals surface area contributed by atoms with Crippen LogP contribution >= 0.6 is 0 Å². The minimum atomic E-state index is -0.646. The van der Waals surface area contributed by atoms with Crippen molar-refractivity contribution in [2.45, 2.75) is 18.9 Å². The van der Waals surface area contributed by atoms with Gasteiger partial charge in [-0.3, -0.25) is 4.79 Å². The van der Waals surface area contributed by atoms with Gasteiger partial charge in [0.2, 0.25) is 0 Å². The summed E-state index contributed by atoms with van der Waals surface area (Å²) in [6.45, 7) is 0. The van der Waals surface area contributed by atoms with Crippen LogP contribution in [0.5, 0.6) is 5.75 Å². The topological polar surface area (TPSA) is 53.3 Å². The Morgan fingerprint density at radius 3 is 2.82 bits per heavy atom. The van der Waals surface area contributed by atoms with E-state index in [1.807, 2.05) is 24.3 Å². The Kier molecular flexibility index (Phi) is 1.93. The number of rotatable bonds is 1. The third-order valence-electron chi connectivity index (χ3n) is 3.54. The summed E-state index contributed by atoms with van der Waals surface area (Å²) in [5, 5.41) is 9.16. The molecule has 1 unspecified atom stereocenters. The predicted octanol–water partition coefficient (Wildman–Crippen LogP) is 1.71. The lowest BCUT2D eigenvalue weighted by molar-refractivity contribution is -0.128. The van der Waals surface area contributed by atoms with Crippen molar-refractivity contribution in [1.29, 1.82) is 5.26 Å². The number of nitrogens with zero attached hydrogens (tertiary/aromatic N) is 2. The molecule has 1 fully saturated rings. The molecule has 86 valence electrons. The number of hydrogen-bond donors (Lipinski definition) is 0. The van der Waals surface area contributed by atoms with Gasteiger partial charge >= 0.3 is 0 Å². The fourth-order valence-corrected chi connectivity index (χ4v) is 2.22. The maximum absolute atomic E-state index is 12.2. The molecule has 1 atom stereocenters. The number of likely N-dealkylation sites (N-methyl/N-ethyl adjacent to an activating group) is 1. The highest BCUT2D eigenvalue weighted by Gasteiger charge is 2.57. The first kappa shape index (κ1) is 10.2. The molecule has 0 spiro atoms. The van der Waals surface area contributed by atoms with Gasteiger partial charge in [-0.25, -0.2) is 0 Å². The molecule has 2 aliphatic rings. The number of benzene rings is 1. The number of ether oxygens (including phenoxy) is 1. The van der Waals surface area contributed by atoms with Crippen LogP contribution in [0.2, 0.25) is 0 Å². The van der Waals surface area contributed by atoms with Crippen LogP contribution in [0.15, 0.2) is 24.3 Å². The lowest BCUT2D eigenvalue weighted by atomic mass is 9.98. The number of hydrogen-bond acceptors (Lipinski definition) is 3. The minimum Gasteiger partial charge on any atom is -0.477 e. The van der Waals surface area contributed by atoms with Crippen molar-refractivity contribution < 1.29 is 9.53 Å². The van der Waals surface area contributed by atoms with Crippen molar-refractivity contribution in [3.05, 3.63) is 24.3 Å². The molecular formula is C13H12N2O2. The average molecular weight is 228 g/mol. The van der Waals surface area contributed by atoms with Crippen LogP contribution in [0.25, 0.3) is 0 Å². The quantitative estimate of drug-likeness (QED) is 0.735. The van der Waals surface area contributed by atoms with Gasteiger partial charge < -0.3 is 9.64 Å². The van der Waals surface area contributed by atoms with Gasteiger partial charge in [-0.05, 0) is 25.0 Å². The van der Waals surface area contributed by atoms with Crippen LogP contribution in [-0.4, -0.2) is 19.1 Å². The normalized spacial score (nSPS) is 24.6. The molecule has 4 heteroatoms. The summed E-state index contributed by atoms with van der Waals surface area (Å²) in [5.41, 5.74) is 0.168. The standard InChI is InChI=1S/C13H12N2O2/c1-15-9-4-2-3-5-10(9)17-11(12(15)16)13(8-14)6-7-13/h2-5,11H,6-7H2,1H3. The first-order valence-electron chi connectivity index (χ1n) is 5.62. The number of fused-ring (bicyclic) bond motifs is 1. The molecule has 0 aromatic heterocycles. The molecule has 0 bridgehead atoms. The van der Waals surface area contributed by atoms with Gasteiger partial charge in [0.15, 0.2) is 6.10 Å². The summed E-state index contributed by atoms with van der Waals surface area (Å²) in [4.78, 5) is 13.8. The first-order valence-corrected chi connectivity index (χ1v) is 5.62. The van der Waals surface area contributed by atoms with Crippen molar-refractivity contribution in [3.8, 4) is 11.8 Å². The van der Waals surface area contributed by atoms with Crippen molar-refractivity contribution in [2.75, 3.05) is 11.9 Å². The summed E-state index contributed by atoms with van der Waals surface area (Å²) in [6.07, 6.45) is 0.846. The van der Waals surface area contributed by atoms with E-state index in [0.717, 1.165) is 18.5 Å². The number of carbonyl (C=O) groups excluding carboxylic acids is 1. The molecule has 3 rings (SSSR count). The third-order valence-corrected chi connectivity index (χ3v) is 3.54. The van der Waals surface area contributed by atoms with Crippen LogP contribution in [0.1, 0.15) is 12.8 Å². The number of anilines is 1. The number of carbonyl (C=O) groups is 1. The van der Waals surface area contributed by atoms with Crippen LogP contribution in [0.3, 0.4) is 0 Å². The molecule has 1 amide bonds. The number of para-hydroxylation sites is 2. The van der Waals surface area contributed by atoms with Gasteiger partial charge in [0.05, 0.1) is 11.8 Å². The SMILES string of the molecule is CN1C(=O)C(C2(C#N)CC2)Oc2ccccc21. The van der Waals surface area contributed by atoms with E-state index in [1.54, 1.807) is 11.9 Å². The van der Waals surface area contributed by atoms with Crippen molar-refractivity contribution in [3.63, 3.8) is 0 Å². The van der Waals surface area contributed by atoms with E-state index in [9.17, 15) is 4.79 Å². The summed E-state index contributed by atoms with van der Waals surface area (Å²) in [5.74, 6) is 0.559. The van der Waals surface area contributed by atoms with Crippen LogP contribution in [-0.2, 0) is 4.79 Å². The van der Waals surface area contributed by atoms with Crippen LogP contribution in [0, 0.1) is 16.7 Å². The maximum atomic E-state index is 12.2. The van der Waals surface area contributed by atoms with Gasteiger partial charge in [0.25, 0.3) is 5.91 Å². The molecule has 1 aromatic rings. The second-order valence-corrected chi connectivity index (χ2v) is 4.63. The number of nitriles is 1. The molecular weight excluding hydrogens is 216 g/mol. The Morgan fingerprint density at radius 2 is 2.18 bits per heavy atom. The van der Waals surface area contributed by atoms with E-state index >= 15 is 0 Å². The Morgan fingerprint density at radius 1 is 1.47 bits per heavy atom. The number of amides is 1. The highest BCUT2D eigenvalue weighted by atomic mass is 16.5. The molecule has 17 heavy (non-hydrogen) atoms. The van der Waals surface area contributed by atoms with Crippen LogP contribution in [0.4, 0.5) is 5.69 Å². The highest BCUT2D eigenvalue weighted by Crippen LogP contribution is 2.52. The Bertz CT molecular complexity index is 528. The molecule has 0 saturated heterocycles. The lowest BCUT2D eigenvalue weighted by Gasteiger charge is -2.33. The lowest BCUT2D eigenvalue weighted by Crippen LogP contribution is -2.48. The fourth-order valence-electron chi connectivity index (χ4n) is 2.22. The Balaban J connectivity index is 2.03. The predicted molar refractivity (Wildman–Crippen MR) is 61.5 cm³/mol. The van der Waals surface area contributed by atoms with Gasteiger partial charge in [0.1, 0.15) is 11.2 Å². The monoisotopic (exact) mass is 228 g/mol. The molecule has 1 aliphatic heterocycles. The second kappa shape index (κ2) is 3.24. The van der Waals surface area contributed by atoms with Gasteiger partial charge in [-0.1, -0.05) is 12.1 Å². The van der Waals surface area contributed by atoms with Gasteiger partial charge in [0, 0.05) is 7.05 Å². The molecule has 1 saturated carbocycles. The molecule has 0 N–H and O–H groups in total. The van der Waals surface area contributed by atoms with Gasteiger partial charge in [-0.15, -0.1) is 0 Å². The molecule has 1 aromatic carbocycles. The highest BCUT2D eigenvalue weighted by molar-refractivity contribution is 6.00. The van der Waals surface area contributed by atoms with Crippen molar-refractivity contribution >= 4 is 11.6 Å². The van der Waals surface area contributed by atoms with Gasteiger partial charge in [-0.2, -0.15) is 5.26 Å². The fraction of sp³-hybridized carbons (Fsp3) is 0.385. The Labute approximate surface area is 99.4 Å². The first-order chi connectivity index (χ1) is 8.18. The molecule has 4 nitrogen and oxygen atoms in total. The Hall–Kier alpha value is -2.02. The largest absolute Gasteiger partial charge is 0.477 e. The maximum Gasteiger partial charge on any atom is 0.269 e. The van der Waals surface area contributed by atoms with E-state index in [2.05, 4.69) is 6.07 Å². The minimum absolute atomic E-state index is 0.122. The van der Waals surface area contributed by atoms with E-state index in [0.29, 0.717) is 5.75 Å². The van der Waals surface area contributed by atoms with Crippen molar-refractivity contribution in [1.82, 2.24) is 0 Å². The molecule has 1 aliphatic carbocycles. The zero-order valence-corrected chi connectivity index (χ0v) is 9.51. The molecule has 0 radical (unpaired) electrons. The second-order valence-electron chi connectivity index (χ2n) is 4.63. The van der Waals surface area contributed by atoms with E-state index in [1.165, 1.54) is 0 Å². The summed E-state index contributed by atoms with van der Waals surface area (Å²) in [6, 6.07) is 9.64. The van der Waals surface area contributed by atoms with E-state index in [4.69, 9.17) is 10.00 Å². The molecule has 1 heterocycles. The summed E-state index contributed by atoms with van der Waals surface area (Å²) < 4.78 is 5.72. The average Bonchev–Trinajstić information content (AvgIpc) is 3.15. The summed E-state index contributed by atoms with van der Waals surface area (Å²) >= 11 is 0. The third kappa shape index (κ3) is 1.32. The van der Waals surface area contributed by atoms with E-state index in [-0.39, 0.29) is 5.91 Å². The van der Waals surface area contributed by atoms with Crippen molar-refractivity contribution in [2.24, 2.45) is 5.41 Å².